The van der Waals surface area contributed by atoms with Crippen LogP contribution in [0.5, 0.6) is 0 Å². The van der Waals surface area contributed by atoms with Gasteiger partial charge in [-0.05, 0) is 75.1 Å². The third-order valence-corrected chi connectivity index (χ3v) is 10.1. The van der Waals surface area contributed by atoms with Crippen molar-refractivity contribution in [1.82, 2.24) is 10.2 Å². The van der Waals surface area contributed by atoms with Gasteiger partial charge in [0.25, 0.3) is 5.91 Å². The van der Waals surface area contributed by atoms with E-state index >= 15 is 0 Å². The predicted octanol–water partition coefficient (Wildman–Crippen LogP) is 4.73. The summed E-state index contributed by atoms with van der Waals surface area (Å²) in [6, 6.07) is 14.2. The second kappa shape index (κ2) is 16.0. The normalized spacial score (nSPS) is 24.3. The Balaban J connectivity index is 1.46. The molecule has 3 fully saturated rings. The minimum Gasteiger partial charge on any atom is -0.455 e. The van der Waals surface area contributed by atoms with E-state index < -0.39 is 41.7 Å². The highest BCUT2D eigenvalue weighted by Gasteiger charge is 2.75. The molecule has 2 aromatic rings. The van der Waals surface area contributed by atoms with Gasteiger partial charge in [0.05, 0.1) is 24.5 Å². The lowest BCUT2D eigenvalue weighted by molar-refractivity contribution is -0.160. The van der Waals surface area contributed by atoms with E-state index in [1.807, 2.05) is 62.4 Å². The summed E-state index contributed by atoms with van der Waals surface area (Å²) < 4.78 is 12.8. The van der Waals surface area contributed by atoms with Crippen LogP contribution in [0.1, 0.15) is 67.7 Å². The molecule has 2 N–H and O–H groups in total. The second-order valence-corrected chi connectivity index (χ2v) is 13.4. The third-order valence-electron chi connectivity index (χ3n) is 10.1. The number of nitrogens with zero attached hydrogens (tertiary/aromatic N) is 2. The standard InChI is InChI=1S/C39H49N3O7/c1-5-7-16-32(44)40-25-31(28-14-10-8-11-15-28)48-38(47)33-30-19-20-39(49-30)34(33)36(45)42(22-12-9-13-23-43)35(39)37(46)41(21-6-2)29-24-26(3)17-18-27(29)4/h5-6,8,10-11,14-15,17-18,24,30-31,33-35,43H,1-2,7,9,12-13,16,19-23,25H2,3-4H3,(H,40,44)/t30-,31+,33+,34+,35-,39+/m1/s1. The highest BCUT2D eigenvalue weighted by molar-refractivity contribution is 6.05. The van der Waals surface area contributed by atoms with Crippen LogP contribution in [-0.2, 0) is 28.7 Å². The molecule has 0 unspecified atom stereocenters. The molecule has 0 saturated carbocycles. The Hall–Kier alpha value is -4.28. The zero-order chi connectivity index (χ0) is 35.1. The van der Waals surface area contributed by atoms with E-state index in [-0.39, 0.29) is 43.8 Å². The number of ether oxygens (including phenoxy) is 2. The summed E-state index contributed by atoms with van der Waals surface area (Å²) in [6.45, 7) is 12.1. The van der Waals surface area contributed by atoms with Crippen molar-refractivity contribution in [3.63, 3.8) is 0 Å². The number of aliphatic hydroxyl groups is 1. The molecule has 0 aromatic heterocycles. The van der Waals surface area contributed by atoms with E-state index in [0.717, 1.165) is 16.8 Å². The first-order chi connectivity index (χ1) is 23.7. The molecule has 3 saturated heterocycles. The van der Waals surface area contributed by atoms with Crippen LogP contribution >= 0.6 is 0 Å². The Labute approximate surface area is 289 Å². The van der Waals surface area contributed by atoms with Gasteiger partial charge >= 0.3 is 5.97 Å². The average Bonchev–Trinajstić information content (AvgIpc) is 3.75. The molecule has 6 atom stereocenters. The topological polar surface area (TPSA) is 125 Å². The zero-order valence-electron chi connectivity index (χ0n) is 28.6. The van der Waals surface area contributed by atoms with Crippen molar-refractivity contribution in [2.45, 2.75) is 82.6 Å². The van der Waals surface area contributed by atoms with Gasteiger partial charge in [-0.1, -0.05) is 54.6 Å². The van der Waals surface area contributed by atoms with E-state index in [4.69, 9.17) is 9.47 Å². The molecule has 3 heterocycles. The fourth-order valence-corrected chi connectivity index (χ4v) is 7.75. The summed E-state index contributed by atoms with van der Waals surface area (Å²) in [5, 5.41) is 12.2. The number of likely N-dealkylation sites (tertiary alicyclic amines) is 1. The van der Waals surface area contributed by atoms with Crippen LogP contribution in [0.3, 0.4) is 0 Å². The number of nitrogens with one attached hydrogen (secondary N) is 1. The number of anilines is 1. The second-order valence-electron chi connectivity index (χ2n) is 13.4. The van der Waals surface area contributed by atoms with Crippen LogP contribution in [0, 0.1) is 25.7 Å². The summed E-state index contributed by atoms with van der Waals surface area (Å²) in [4.78, 5) is 59.3. The number of hydrogen-bond acceptors (Lipinski definition) is 7. The number of hydrogen-bond donors (Lipinski definition) is 2. The molecule has 10 heteroatoms. The molecule has 2 bridgehead atoms. The number of rotatable bonds is 17. The molecular weight excluding hydrogens is 622 g/mol. The first kappa shape index (κ1) is 36.0. The maximum atomic E-state index is 14.8. The smallest absolute Gasteiger partial charge is 0.313 e. The van der Waals surface area contributed by atoms with Gasteiger partial charge in [0.2, 0.25) is 11.8 Å². The number of unbranched alkanes of at least 4 members (excludes halogenated alkanes) is 2. The van der Waals surface area contributed by atoms with Crippen LogP contribution in [0.2, 0.25) is 0 Å². The number of amides is 3. The van der Waals surface area contributed by atoms with Gasteiger partial charge in [-0.15, -0.1) is 13.2 Å². The first-order valence-corrected chi connectivity index (χ1v) is 17.4. The molecule has 2 aromatic carbocycles. The maximum Gasteiger partial charge on any atom is 0.313 e. The van der Waals surface area contributed by atoms with Crippen molar-refractivity contribution in [1.29, 1.82) is 0 Å². The Kier molecular flexibility index (Phi) is 11.7. The monoisotopic (exact) mass is 671 g/mol. The summed E-state index contributed by atoms with van der Waals surface area (Å²) in [7, 11) is 0. The molecule has 1 spiro atoms. The van der Waals surface area contributed by atoms with E-state index in [9.17, 15) is 24.3 Å². The molecule has 3 aliphatic heterocycles. The quantitative estimate of drug-likeness (QED) is 0.142. The van der Waals surface area contributed by atoms with Gasteiger partial charge in [0, 0.05) is 31.8 Å². The highest BCUT2D eigenvalue weighted by Crippen LogP contribution is 2.59. The van der Waals surface area contributed by atoms with Crippen molar-refractivity contribution in [3.8, 4) is 0 Å². The van der Waals surface area contributed by atoms with Crippen molar-refractivity contribution < 1.29 is 33.8 Å². The lowest BCUT2D eigenvalue weighted by Crippen LogP contribution is -2.56. The highest BCUT2D eigenvalue weighted by atomic mass is 16.6. The molecule has 3 aliphatic rings. The van der Waals surface area contributed by atoms with E-state index in [1.54, 1.807) is 22.0 Å². The number of fused-ring (bicyclic) bond motifs is 1. The summed E-state index contributed by atoms with van der Waals surface area (Å²) >= 11 is 0. The van der Waals surface area contributed by atoms with Crippen LogP contribution in [0.4, 0.5) is 5.69 Å². The lowest BCUT2D eigenvalue weighted by Gasteiger charge is -2.37. The Morgan fingerprint density at radius 2 is 1.90 bits per heavy atom. The Morgan fingerprint density at radius 1 is 1.12 bits per heavy atom. The number of carbonyl (C=O) groups is 4. The fraction of sp³-hybridized carbons (Fsp3) is 0.487. The number of benzene rings is 2. The van der Waals surface area contributed by atoms with Gasteiger partial charge in [0.15, 0.2) is 0 Å². The largest absolute Gasteiger partial charge is 0.455 e. The van der Waals surface area contributed by atoms with Crippen molar-refractivity contribution in [3.05, 3.63) is 90.5 Å². The Bertz CT molecular complexity index is 1540. The molecular formula is C39H49N3O7. The molecule has 3 amide bonds. The van der Waals surface area contributed by atoms with Crippen LogP contribution in [0.15, 0.2) is 73.8 Å². The van der Waals surface area contributed by atoms with Gasteiger partial charge in [-0.3, -0.25) is 19.2 Å². The maximum absolute atomic E-state index is 14.8. The number of esters is 1. The van der Waals surface area contributed by atoms with Gasteiger partial charge in [-0.25, -0.2) is 0 Å². The number of aliphatic hydroxyl groups excluding tert-OH is 1. The minimum atomic E-state index is -1.20. The summed E-state index contributed by atoms with van der Waals surface area (Å²) in [5.41, 5.74) is 2.16. The van der Waals surface area contributed by atoms with Crippen LogP contribution in [-0.4, -0.2) is 77.7 Å². The van der Waals surface area contributed by atoms with Crippen molar-refractivity contribution >= 4 is 29.4 Å². The van der Waals surface area contributed by atoms with E-state index in [0.29, 0.717) is 50.6 Å². The minimum absolute atomic E-state index is 0.0403. The van der Waals surface area contributed by atoms with E-state index in [2.05, 4.69) is 18.5 Å². The Morgan fingerprint density at radius 3 is 2.61 bits per heavy atom. The van der Waals surface area contributed by atoms with Gasteiger partial charge in [-0.2, -0.15) is 0 Å². The third kappa shape index (κ3) is 7.35. The lowest BCUT2D eigenvalue weighted by atomic mass is 9.70. The number of aryl methyl sites for hydroxylation is 2. The SMILES string of the molecule is C=CCCC(=O)NC[C@H](OC(=O)[C@@H]1[C@H]2C(=O)N(CCCCCO)[C@H](C(=O)N(CC=C)c3cc(C)ccc3C)[C@]23CC[C@H]1O3)c1ccccc1. The van der Waals surface area contributed by atoms with Gasteiger partial charge in [0.1, 0.15) is 17.7 Å². The van der Waals surface area contributed by atoms with Crippen LogP contribution in [0.25, 0.3) is 0 Å². The molecule has 0 radical (unpaired) electrons. The van der Waals surface area contributed by atoms with Crippen LogP contribution < -0.4 is 10.2 Å². The van der Waals surface area contributed by atoms with E-state index in [1.165, 1.54) is 0 Å². The van der Waals surface area contributed by atoms with Crippen molar-refractivity contribution in [2.24, 2.45) is 11.8 Å². The molecule has 0 aliphatic carbocycles. The average molecular weight is 672 g/mol. The molecule has 5 rings (SSSR count). The first-order valence-electron chi connectivity index (χ1n) is 17.4. The summed E-state index contributed by atoms with van der Waals surface area (Å²) in [5.74, 6) is -3.13. The molecule has 10 nitrogen and oxygen atoms in total. The molecule has 262 valence electrons. The van der Waals surface area contributed by atoms with Gasteiger partial charge < -0.3 is 29.7 Å². The van der Waals surface area contributed by atoms with Crippen molar-refractivity contribution in [2.75, 3.05) is 31.1 Å². The zero-order valence-corrected chi connectivity index (χ0v) is 28.6. The number of allylic oxidation sites excluding steroid dienone is 1. The summed E-state index contributed by atoms with van der Waals surface area (Å²) in [6.07, 6.45) is 5.58. The predicted molar refractivity (Wildman–Crippen MR) is 186 cm³/mol. The fourth-order valence-electron chi connectivity index (χ4n) is 7.75. The number of carbonyl (C=O) groups excluding carboxylic acids is 4. The molecule has 49 heavy (non-hydrogen) atoms.